The Balaban J connectivity index is 2.02. The van der Waals surface area contributed by atoms with E-state index in [-0.39, 0.29) is 5.92 Å². The van der Waals surface area contributed by atoms with Gasteiger partial charge in [0.05, 0.1) is 11.4 Å². The lowest BCUT2D eigenvalue weighted by atomic mass is 10.0. The number of carboxylic acid groups (broad SMARTS) is 1. The van der Waals surface area contributed by atoms with Crippen molar-refractivity contribution in [3.63, 3.8) is 0 Å². The van der Waals surface area contributed by atoms with Gasteiger partial charge in [-0.2, -0.15) is 5.10 Å². The third-order valence-electron chi connectivity index (χ3n) is 3.10. The van der Waals surface area contributed by atoms with Crippen LogP contribution >= 0.6 is 0 Å². The summed E-state index contributed by atoms with van der Waals surface area (Å²) in [6, 6.07) is 11.1. The molecular weight excluding hydrogens is 254 g/mol. The van der Waals surface area contributed by atoms with Crippen molar-refractivity contribution in [1.82, 2.24) is 15.1 Å². The summed E-state index contributed by atoms with van der Waals surface area (Å²) >= 11 is 0. The van der Waals surface area contributed by atoms with Gasteiger partial charge in [-0.05, 0) is 24.1 Å². The second-order valence-corrected chi connectivity index (χ2v) is 5.03. The maximum atomic E-state index is 11.1. The zero-order valence-electron chi connectivity index (χ0n) is 11.7. The Morgan fingerprint density at radius 2 is 2.00 bits per heavy atom. The van der Waals surface area contributed by atoms with Crippen LogP contribution in [0.3, 0.4) is 0 Å². The minimum atomic E-state index is -0.831. The smallest absolute Gasteiger partial charge is 0.320 e. The van der Waals surface area contributed by atoms with E-state index >= 15 is 0 Å². The molecule has 0 saturated carbocycles. The predicted molar refractivity (Wildman–Crippen MR) is 76.7 cm³/mol. The molecule has 0 unspecified atom stereocenters. The maximum Gasteiger partial charge on any atom is 0.320 e. The molecule has 1 atom stereocenters. The van der Waals surface area contributed by atoms with E-state index in [9.17, 15) is 4.79 Å². The minimum Gasteiger partial charge on any atom is -0.480 e. The summed E-state index contributed by atoms with van der Waals surface area (Å²) < 4.78 is 1.78. The number of carboxylic acids is 1. The van der Waals surface area contributed by atoms with E-state index in [1.165, 1.54) is 0 Å². The number of aliphatic carboxylic acids is 1. The predicted octanol–water partition coefficient (Wildman–Crippen LogP) is 2.07. The first-order chi connectivity index (χ1) is 9.58. The summed E-state index contributed by atoms with van der Waals surface area (Å²) in [5, 5.41) is 16.6. The van der Waals surface area contributed by atoms with Crippen molar-refractivity contribution in [3.8, 4) is 5.69 Å². The second-order valence-electron chi connectivity index (χ2n) is 5.03. The molecule has 2 N–H and O–H groups in total. The van der Waals surface area contributed by atoms with Crippen LogP contribution in [-0.2, 0) is 11.3 Å². The van der Waals surface area contributed by atoms with Crippen LogP contribution < -0.4 is 5.32 Å². The molecule has 1 aromatic heterocycles. The molecule has 5 nitrogen and oxygen atoms in total. The number of benzene rings is 1. The number of nitrogens with zero attached hydrogens (tertiary/aromatic N) is 2. The Bertz CT molecular complexity index is 564. The highest BCUT2D eigenvalue weighted by atomic mass is 16.4. The second kappa shape index (κ2) is 6.34. The van der Waals surface area contributed by atoms with Crippen molar-refractivity contribution >= 4 is 5.97 Å². The van der Waals surface area contributed by atoms with E-state index < -0.39 is 12.0 Å². The Hall–Kier alpha value is -2.14. The molecule has 0 bridgehead atoms. The fourth-order valence-corrected chi connectivity index (χ4v) is 2.00. The number of hydrogen-bond donors (Lipinski definition) is 2. The summed E-state index contributed by atoms with van der Waals surface area (Å²) in [4.78, 5) is 11.1. The van der Waals surface area contributed by atoms with Crippen LogP contribution in [0.2, 0.25) is 0 Å². The van der Waals surface area contributed by atoms with Gasteiger partial charge >= 0.3 is 5.97 Å². The highest BCUT2D eigenvalue weighted by Crippen LogP contribution is 2.08. The van der Waals surface area contributed by atoms with Gasteiger partial charge in [0.15, 0.2) is 0 Å². The Morgan fingerprint density at radius 3 is 2.60 bits per heavy atom. The van der Waals surface area contributed by atoms with Gasteiger partial charge < -0.3 is 5.11 Å². The average Bonchev–Trinajstić information content (AvgIpc) is 2.88. The summed E-state index contributed by atoms with van der Waals surface area (Å²) in [5.74, 6) is -0.800. The van der Waals surface area contributed by atoms with Gasteiger partial charge in [0.1, 0.15) is 6.04 Å². The molecular formula is C15H19N3O2. The van der Waals surface area contributed by atoms with Gasteiger partial charge in [-0.25, -0.2) is 4.68 Å². The molecule has 0 aliphatic heterocycles. The number of nitrogens with one attached hydrogen (secondary N) is 1. The average molecular weight is 273 g/mol. The molecule has 106 valence electrons. The molecule has 2 rings (SSSR count). The number of carbonyl (C=O) groups is 1. The molecule has 0 amide bonds. The van der Waals surface area contributed by atoms with E-state index in [1.807, 2.05) is 56.4 Å². The van der Waals surface area contributed by atoms with Crippen molar-refractivity contribution < 1.29 is 9.90 Å². The van der Waals surface area contributed by atoms with Gasteiger partial charge in [-0.3, -0.25) is 10.1 Å². The quantitative estimate of drug-likeness (QED) is 0.845. The van der Waals surface area contributed by atoms with E-state index in [0.29, 0.717) is 6.54 Å². The number of rotatable bonds is 6. The van der Waals surface area contributed by atoms with Gasteiger partial charge in [-0.1, -0.05) is 32.0 Å². The molecule has 0 saturated heterocycles. The highest BCUT2D eigenvalue weighted by Gasteiger charge is 2.20. The number of hydrogen-bond acceptors (Lipinski definition) is 3. The van der Waals surface area contributed by atoms with Gasteiger partial charge in [0, 0.05) is 12.7 Å². The van der Waals surface area contributed by atoms with Crippen LogP contribution in [0.5, 0.6) is 0 Å². The summed E-state index contributed by atoms with van der Waals surface area (Å²) in [7, 11) is 0. The largest absolute Gasteiger partial charge is 0.480 e. The number of aromatic nitrogens is 2. The fraction of sp³-hybridized carbons (Fsp3) is 0.333. The molecule has 0 radical (unpaired) electrons. The van der Waals surface area contributed by atoms with Crippen molar-refractivity contribution in [1.29, 1.82) is 0 Å². The fourth-order valence-electron chi connectivity index (χ4n) is 2.00. The van der Waals surface area contributed by atoms with E-state index in [1.54, 1.807) is 4.68 Å². The molecule has 5 heteroatoms. The van der Waals surface area contributed by atoms with Crippen LogP contribution in [-0.4, -0.2) is 26.9 Å². The lowest BCUT2D eigenvalue weighted by Gasteiger charge is -2.16. The van der Waals surface area contributed by atoms with Crippen molar-refractivity contribution in [2.75, 3.05) is 0 Å². The molecule has 2 aromatic rings. The van der Waals surface area contributed by atoms with Gasteiger partial charge in [0.2, 0.25) is 0 Å². The molecule has 0 aliphatic carbocycles. The van der Waals surface area contributed by atoms with Crippen LogP contribution in [0, 0.1) is 5.92 Å². The van der Waals surface area contributed by atoms with Crippen molar-refractivity contribution in [3.05, 3.63) is 48.3 Å². The van der Waals surface area contributed by atoms with E-state index in [4.69, 9.17) is 5.11 Å². The van der Waals surface area contributed by atoms with Crippen molar-refractivity contribution in [2.24, 2.45) is 5.92 Å². The van der Waals surface area contributed by atoms with E-state index in [0.717, 1.165) is 11.4 Å². The topological polar surface area (TPSA) is 67.2 Å². The highest BCUT2D eigenvalue weighted by molar-refractivity contribution is 5.73. The monoisotopic (exact) mass is 273 g/mol. The lowest BCUT2D eigenvalue weighted by molar-refractivity contribution is -0.140. The first kappa shape index (κ1) is 14.3. The van der Waals surface area contributed by atoms with Crippen LogP contribution in [0.15, 0.2) is 42.6 Å². The first-order valence-corrected chi connectivity index (χ1v) is 6.64. The zero-order valence-corrected chi connectivity index (χ0v) is 11.7. The SMILES string of the molecule is CC(C)[C@@H](NCc1ccn(-c2ccccc2)n1)C(=O)O. The molecule has 0 fully saturated rings. The maximum absolute atomic E-state index is 11.1. The lowest BCUT2D eigenvalue weighted by Crippen LogP contribution is -2.40. The number of para-hydroxylation sites is 1. The summed E-state index contributed by atoms with van der Waals surface area (Å²) in [6.07, 6.45) is 1.87. The summed E-state index contributed by atoms with van der Waals surface area (Å²) in [6.45, 7) is 4.21. The van der Waals surface area contributed by atoms with Crippen LogP contribution in [0.25, 0.3) is 5.69 Å². The van der Waals surface area contributed by atoms with Crippen molar-refractivity contribution in [2.45, 2.75) is 26.4 Å². The third-order valence-corrected chi connectivity index (χ3v) is 3.10. The summed E-state index contributed by atoms with van der Waals surface area (Å²) in [5.41, 5.74) is 1.80. The van der Waals surface area contributed by atoms with Gasteiger partial charge in [0.25, 0.3) is 0 Å². The Labute approximate surface area is 118 Å². The zero-order chi connectivity index (χ0) is 14.5. The van der Waals surface area contributed by atoms with Crippen LogP contribution in [0.1, 0.15) is 19.5 Å². The molecule has 1 heterocycles. The Kier molecular flexibility index (Phi) is 4.53. The normalized spacial score (nSPS) is 12.6. The van der Waals surface area contributed by atoms with E-state index in [2.05, 4.69) is 10.4 Å². The standard InChI is InChI=1S/C15H19N3O2/c1-11(2)14(15(19)20)16-10-12-8-9-18(17-12)13-6-4-3-5-7-13/h3-9,11,14,16H,10H2,1-2H3,(H,19,20)/t14-/m1/s1. The van der Waals surface area contributed by atoms with Gasteiger partial charge in [-0.15, -0.1) is 0 Å². The first-order valence-electron chi connectivity index (χ1n) is 6.64. The third kappa shape index (κ3) is 3.45. The Morgan fingerprint density at radius 1 is 1.30 bits per heavy atom. The molecule has 0 spiro atoms. The molecule has 1 aromatic carbocycles. The van der Waals surface area contributed by atoms with Crippen LogP contribution in [0.4, 0.5) is 0 Å². The molecule has 0 aliphatic rings. The minimum absolute atomic E-state index is 0.0312. The molecule has 20 heavy (non-hydrogen) atoms.